The average molecular weight is 328 g/mol. The largest absolute Gasteiger partial charge is 0.466 e. The Hall–Kier alpha value is 0.862. The van der Waals surface area contributed by atoms with Crippen molar-refractivity contribution in [3.8, 4) is 0 Å². The predicted octanol–water partition coefficient (Wildman–Crippen LogP) is -3.48. The van der Waals surface area contributed by atoms with E-state index in [4.69, 9.17) is 57.7 Å². The van der Waals surface area contributed by atoms with Gasteiger partial charge in [-0.25, -0.2) is 13.7 Å². The van der Waals surface area contributed by atoms with Gasteiger partial charge in [-0.3, -0.25) is 0 Å². The van der Waals surface area contributed by atoms with Crippen LogP contribution in [0.3, 0.4) is 0 Å². The van der Waals surface area contributed by atoms with Gasteiger partial charge in [-0.2, -0.15) is 0 Å². The third-order valence-corrected chi connectivity index (χ3v) is 0. The van der Waals surface area contributed by atoms with E-state index in [0.717, 1.165) is 0 Å². The lowest BCUT2D eigenvalue weighted by Gasteiger charge is -1.82. The molecule has 16 heavy (non-hydrogen) atoms. The van der Waals surface area contributed by atoms with E-state index in [1.165, 1.54) is 0 Å². The van der Waals surface area contributed by atoms with Crippen molar-refractivity contribution in [1.82, 2.24) is 0 Å². The van der Waals surface area contributed by atoms with Gasteiger partial charge in [0.05, 0.1) is 0 Å². The van der Waals surface area contributed by atoms with Gasteiger partial charge in [0, 0.05) is 2.85 Å². The molecule has 0 aromatic rings. The lowest BCUT2D eigenvalue weighted by molar-refractivity contribution is 0.272. The molecule has 0 aliphatic carbocycles. The van der Waals surface area contributed by atoms with Crippen LogP contribution < -0.4 is 0 Å². The maximum absolute atomic E-state index is 8.88. The van der Waals surface area contributed by atoms with Gasteiger partial charge in [-0.1, -0.05) is 0 Å². The van der Waals surface area contributed by atoms with Gasteiger partial charge in [0.15, 0.2) is 17.4 Å². The van der Waals surface area contributed by atoms with E-state index in [9.17, 15) is 0 Å². The molecule has 0 fully saturated rings. The normalized spacial score (nSPS) is 11.1. The van der Waals surface area contributed by atoms with Crippen molar-refractivity contribution < 1.29 is 60.6 Å². The molecular formula is H16AlO12P3. The maximum atomic E-state index is 8.88. The third-order valence-electron chi connectivity index (χ3n) is 0. The molecule has 0 saturated carbocycles. The topological polar surface area (TPSA) is 233 Å². The van der Waals surface area contributed by atoms with Gasteiger partial charge in [0.1, 0.15) is 0 Å². The summed E-state index contributed by atoms with van der Waals surface area (Å²) < 4.78 is 26.6. The van der Waals surface area contributed by atoms with E-state index < -0.39 is 23.5 Å². The molecule has 0 aliphatic heterocycles. The molecule has 0 saturated heterocycles. The van der Waals surface area contributed by atoms with E-state index in [1.807, 2.05) is 0 Å². The number of hydrogen-bond donors (Lipinski definition) is 9. The summed E-state index contributed by atoms with van der Waals surface area (Å²) in [6.45, 7) is 0. The zero-order chi connectivity index (χ0) is 13.5. The molecule has 0 spiro atoms. The van der Waals surface area contributed by atoms with Crippen LogP contribution in [0.25, 0.3) is 0 Å². The lowest BCUT2D eigenvalue weighted by Crippen LogP contribution is -1.66. The van der Waals surface area contributed by atoms with E-state index >= 15 is 0 Å². The molecule has 0 heterocycles. The molecule has 0 bridgehead atoms. The summed E-state index contributed by atoms with van der Waals surface area (Å²) in [5.74, 6) is 0. The molecule has 12 nitrogen and oxygen atoms in total. The summed E-state index contributed by atoms with van der Waals surface area (Å²) in [5, 5.41) is 0. The molecule has 0 unspecified atom stereocenters. The van der Waals surface area contributed by atoms with Gasteiger partial charge >= 0.3 is 23.5 Å². The second kappa shape index (κ2) is 9.85. The van der Waals surface area contributed by atoms with Gasteiger partial charge in [0.25, 0.3) is 0 Å². The van der Waals surface area contributed by atoms with Crippen molar-refractivity contribution in [2.75, 3.05) is 0 Å². The van der Waals surface area contributed by atoms with E-state index in [0.29, 0.717) is 0 Å². The predicted molar refractivity (Wildman–Crippen MR) is 57.0 cm³/mol. The molecule has 0 aliphatic rings. The Morgan fingerprint density at radius 2 is 0.500 bits per heavy atom. The fraction of sp³-hybridized carbons (Fsp3) is 0. The second-order valence-corrected chi connectivity index (χ2v) is 4.62. The molecular weight excluding hydrogens is 312 g/mol. The molecule has 0 amide bonds. The SMILES string of the molecule is O=P(O)(O)O.O=P(O)(O)O.O=P(O)(O)O.[AlH3].[HH].[HH]. The Labute approximate surface area is 102 Å². The van der Waals surface area contributed by atoms with Crippen molar-refractivity contribution in [2.45, 2.75) is 0 Å². The van der Waals surface area contributed by atoms with Crippen LogP contribution in [0.5, 0.6) is 0 Å². The highest BCUT2D eigenvalue weighted by Gasteiger charge is 2.01. The van der Waals surface area contributed by atoms with Gasteiger partial charge in [0.2, 0.25) is 0 Å². The first kappa shape index (κ1) is 25.6. The summed E-state index contributed by atoms with van der Waals surface area (Å²) >= 11 is 0. The van der Waals surface area contributed by atoms with Crippen LogP contribution in [-0.2, 0) is 13.7 Å². The van der Waals surface area contributed by atoms with Crippen molar-refractivity contribution in [3.05, 3.63) is 0 Å². The summed E-state index contributed by atoms with van der Waals surface area (Å²) in [6.07, 6.45) is 0. The Bertz CT molecular complexity index is 211. The van der Waals surface area contributed by atoms with Crippen molar-refractivity contribution in [3.63, 3.8) is 0 Å². The minimum absolute atomic E-state index is 0. The van der Waals surface area contributed by atoms with Gasteiger partial charge < -0.3 is 44.0 Å². The monoisotopic (exact) mass is 328 g/mol. The zero-order valence-corrected chi connectivity index (χ0v) is 9.27. The van der Waals surface area contributed by atoms with Crippen LogP contribution in [0, 0.1) is 0 Å². The average Bonchev–Trinajstić information content (AvgIpc) is 1.41. The lowest BCUT2D eigenvalue weighted by atomic mass is 15.8. The van der Waals surface area contributed by atoms with Crippen molar-refractivity contribution >= 4 is 40.8 Å². The van der Waals surface area contributed by atoms with Crippen LogP contribution in [-0.4, -0.2) is 61.4 Å². The minimum Gasteiger partial charge on any atom is -0.303 e. The number of hydrogen-bond acceptors (Lipinski definition) is 3. The van der Waals surface area contributed by atoms with E-state index in [2.05, 4.69) is 0 Å². The van der Waals surface area contributed by atoms with E-state index in [-0.39, 0.29) is 20.2 Å². The zero-order valence-electron chi connectivity index (χ0n) is 6.59. The minimum atomic E-state index is -4.64. The van der Waals surface area contributed by atoms with Crippen molar-refractivity contribution in [2.24, 2.45) is 0 Å². The summed E-state index contributed by atoms with van der Waals surface area (Å²) in [5.41, 5.74) is 0. The molecule has 0 aromatic heterocycles. The third kappa shape index (κ3) is 3840. The second-order valence-electron chi connectivity index (χ2n) is 1.54. The van der Waals surface area contributed by atoms with Crippen LogP contribution in [0.15, 0.2) is 0 Å². The first-order valence-corrected chi connectivity index (χ1v) is 7.04. The van der Waals surface area contributed by atoms with Crippen molar-refractivity contribution in [1.29, 1.82) is 0 Å². The summed E-state index contributed by atoms with van der Waals surface area (Å²) in [7, 11) is -13.9. The quantitative estimate of drug-likeness (QED) is 0.156. The van der Waals surface area contributed by atoms with Crippen LogP contribution in [0.1, 0.15) is 2.85 Å². The molecule has 16 heteroatoms. The standard InChI is InChI=1S/Al.3H3O4P.2H2.3H/c;3*1-5(2,3)4;;;;;/h;3*(H3,1,2,3,4);2*1H;;;. The van der Waals surface area contributed by atoms with Crippen LogP contribution in [0.2, 0.25) is 0 Å². The molecule has 0 atom stereocenters. The number of rotatable bonds is 0. The van der Waals surface area contributed by atoms with E-state index in [1.54, 1.807) is 0 Å². The van der Waals surface area contributed by atoms with Crippen LogP contribution >= 0.6 is 23.5 Å². The fourth-order valence-corrected chi connectivity index (χ4v) is 0. The van der Waals surface area contributed by atoms with Crippen LogP contribution in [0.4, 0.5) is 0 Å². The summed E-state index contributed by atoms with van der Waals surface area (Å²) in [6, 6.07) is 0. The Kier molecular flexibility index (Phi) is 15.8. The molecule has 0 rings (SSSR count). The Morgan fingerprint density at radius 1 is 0.500 bits per heavy atom. The molecule has 9 N–H and O–H groups in total. The maximum Gasteiger partial charge on any atom is 0.466 e. The highest BCUT2D eigenvalue weighted by Crippen LogP contribution is 2.26. The molecule has 0 aromatic carbocycles. The van der Waals surface area contributed by atoms with Gasteiger partial charge in [-0.05, 0) is 0 Å². The first-order chi connectivity index (χ1) is 6.00. The highest BCUT2D eigenvalue weighted by molar-refractivity contribution is 7.45. The highest BCUT2D eigenvalue weighted by atomic mass is 31.2. The Morgan fingerprint density at radius 3 is 0.500 bits per heavy atom. The number of phosphoric acid groups is 3. The Balaban J connectivity index is -0.0000000277. The summed E-state index contributed by atoms with van der Waals surface area (Å²) in [4.78, 5) is 64.7. The molecule has 106 valence electrons. The molecule has 0 radical (unpaired) electrons. The fourth-order valence-electron chi connectivity index (χ4n) is 0. The van der Waals surface area contributed by atoms with Gasteiger partial charge in [-0.15, -0.1) is 0 Å². The first-order valence-electron chi connectivity index (χ1n) is 2.35. The smallest absolute Gasteiger partial charge is 0.303 e.